The first-order valence-electron chi connectivity index (χ1n) is 19.3. The van der Waals surface area contributed by atoms with E-state index in [0.717, 1.165) is 85.2 Å². The van der Waals surface area contributed by atoms with Crippen molar-refractivity contribution in [3.63, 3.8) is 0 Å². The molecule has 274 valence electrons. The van der Waals surface area contributed by atoms with Crippen LogP contribution in [0.1, 0.15) is 73.5 Å². The van der Waals surface area contributed by atoms with Crippen LogP contribution in [0, 0.1) is 23.7 Å². The molecule has 4 aliphatic heterocycles. The molecule has 6 bridgehead atoms. The van der Waals surface area contributed by atoms with Crippen molar-refractivity contribution >= 4 is 33.7 Å². The zero-order valence-electron chi connectivity index (χ0n) is 31.4. The van der Waals surface area contributed by atoms with Gasteiger partial charge in [-0.25, -0.2) is 0 Å². The Morgan fingerprint density at radius 3 is 2.60 bits per heavy atom. The molecule has 9 atom stereocenters. The lowest BCUT2D eigenvalue weighted by Crippen LogP contribution is -2.67. The van der Waals surface area contributed by atoms with Crippen molar-refractivity contribution in [2.45, 2.75) is 75.8 Å². The van der Waals surface area contributed by atoms with Crippen LogP contribution < -0.4 is 4.74 Å². The van der Waals surface area contributed by atoms with Crippen molar-refractivity contribution in [2.24, 2.45) is 23.7 Å². The van der Waals surface area contributed by atoms with E-state index in [9.17, 15) is 9.59 Å². The number of carbonyl (C=O) groups excluding carboxylic acids is 2. The van der Waals surface area contributed by atoms with Crippen molar-refractivity contribution in [3.05, 3.63) is 76.1 Å². The Morgan fingerprint density at radius 2 is 1.85 bits per heavy atom. The van der Waals surface area contributed by atoms with Crippen LogP contribution in [0.2, 0.25) is 0 Å². The highest BCUT2D eigenvalue weighted by molar-refractivity contribution is 5.93. The Morgan fingerprint density at radius 1 is 1.02 bits per heavy atom. The van der Waals surface area contributed by atoms with E-state index in [0.29, 0.717) is 11.8 Å². The van der Waals surface area contributed by atoms with Crippen molar-refractivity contribution < 1.29 is 23.8 Å². The summed E-state index contributed by atoms with van der Waals surface area (Å²) in [6.07, 6.45) is 7.59. The number of methoxy groups -OCH3 is 3. The maximum Gasteiger partial charge on any atom is 0.319 e. The van der Waals surface area contributed by atoms with Crippen LogP contribution in [-0.4, -0.2) is 91.8 Å². The number of nitrogens with zero attached hydrogens (tertiary/aromatic N) is 2. The smallest absolute Gasteiger partial charge is 0.319 e. The summed E-state index contributed by atoms with van der Waals surface area (Å²) < 4.78 is 17.6. The minimum Gasteiger partial charge on any atom is -0.496 e. The fourth-order valence-corrected chi connectivity index (χ4v) is 12.1. The number of hydrogen-bond acceptors (Lipinski definition) is 7. The molecule has 52 heavy (non-hydrogen) atoms. The third-order valence-corrected chi connectivity index (χ3v) is 14.1. The van der Waals surface area contributed by atoms with Gasteiger partial charge >= 0.3 is 11.9 Å². The molecular formula is C43H52N4O5. The van der Waals surface area contributed by atoms with Crippen molar-refractivity contribution in [1.82, 2.24) is 19.8 Å². The number of esters is 2. The molecule has 2 aromatic carbocycles. The van der Waals surface area contributed by atoms with Crippen molar-refractivity contribution in [1.29, 1.82) is 0 Å². The van der Waals surface area contributed by atoms with Gasteiger partial charge in [0, 0.05) is 76.4 Å². The third-order valence-electron chi connectivity index (χ3n) is 14.1. The number of fused-ring (bicyclic) bond motifs is 9. The molecular weight excluding hydrogens is 652 g/mol. The van der Waals surface area contributed by atoms with Gasteiger partial charge in [0.1, 0.15) is 11.2 Å². The van der Waals surface area contributed by atoms with Crippen LogP contribution >= 0.6 is 0 Å². The zero-order chi connectivity index (χ0) is 36.1. The van der Waals surface area contributed by atoms with Gasteiger partial charge in [-0.3, -0.25) is 19.4 Å². The van der Waals surface area contributed by atoms with Crippen LogP contribution in [0.4, 0.5) is 0 Å². The summed E-state index contributed by atoms with van der Waals surface area (Å²) >= 11 is 0. The molecule has 4 aromatic rings. The van der Waals surface area contributed by atoms with Crippen LogP contribution in [0.5, 0.6) is 5.75 Å². The molecule has 0 amide bonds. The van der Waals surface area contributed by atoms with Gasteiger partial charge < -0.3 is 24.2 Å². The zero-order valence-corrected chi connectivity index (χ0v) is 31.4. The molecule has 0 spiro atoms. The molecule has 6 aliphatic rings. The number of aromatic nitrogens is 2. The molecule has 9 heteroatoms. The average molecular weight is 705 g/mol. The van der Waals surface area contributed by atoms with Gasteiger partial charge in [-0.15, -0.1) is 0 Å². The van der Waals surface area contributed by atoms with Crippen molar-refractivity contribution in [3.8, 4) is 5.75 Å². The highest BCUT2D eigenvalue weighted by Crippen LogP contribution is 2.56. The molecule has 4 fully saturated rings. The maximum atomic E-state index is 14.2. The first-order valence-corrected chi connectivity index (χ1v) is 19.3. The first-order chi connectivity index (χ1) is 25.3. The van der Waals surface area contributed by atoms with E-state index in [-0.39, 0.29) is 41.8 Å². The predicted octanol–water partition coefficient (Wildman–Crippen LogP) is 6.49. The average Bonchev–Trinajstić information content (AvgIpc) is 3.69. The number of ether oxygens (including phenoxy) is 3. The number of carbonyl (C=O) groups is 2. The molecule has 3 unspecified atom stereocenters. The molecule has 3 saturated heterocycles. The summed E-state index contributed by atoms with van der Waals surface area (Å²) in [5, 5.41) is 2.32. The Hall–Kier alpha value is -4.08. The number of hydrogen-bond donors (Lipinski definition) is 2. The Labute approximate surface area is 306 Å². The number of para-hydroxylation sites is 1. The molecule has 2 aromatic heterocycles. The number of piperidine rings is 3. The Kier molecular flexibility index (Phi) is 8.12. The number of H-pyrrole nitrogens is 2. The number of likely N-dealkylation sites (tertiary alicyclic amines) is 1. The van der Waals surface area contributed by atoms with E-state index < -0.39 is 5.41 Å². The first kappa shape index (κ1) is 33.7. The number of rotatable bonds is 5. The lowest BCUT2D eigenvalue weighted by molar-refractivity contribution is -0.162. The molecule has 9 nitrogen and oxygen atoms in total. The molecule has 0 radical (unpaired) electrons. The quantitative estimate of drug-likeness (QED) is 0.181. The van der Waals surface area contributed by atoms with Crippen LogP contribution in [0.25, 0.3) is 21.8 Å². The van der Waals surface area contributed by atoms with E-state index in [4.69, 9.17) is 14.2 Å². The Bertz CT molecular complexity index is 2110. The lowest BCUT2D eigenvalue weighted by Gasteiger charge is -2.57. The lowest BCUT2D eigenvalue weighted by atomic mass is 9.56. The summed E-state index contributed by atoms with van der Waals surface area (Å²) in [4.78, 5) is 40.8. The molecule has 1 saturated carbocycles. The third kappa shape index (κ3) is 4.67. The van der Waals surface area contributed by atoms with Crippen molar-refractivity contribution in [2.75, 3.05) is 48.0 Å². The molecule has 6 heterocycles. The van der Waals surface area contributed by atoms with E-state index >= 15 is 0 Å². The van der Waals surface area contributed by atoms with Crippen LogP contribution in [-0.2, 0) is 37.3 Å². The second kappa shape index (κ2) is 12.5. The normalized spacial score (nSPS) is 33.2. The molecule has 2 N–H and O–H groups in total. The number of benzene rings is 2. The number of allylic oxidation sites excluding steroid dienone is 1. The summed E-state index contributed by atoms with van der Waals surface area (Å²) in [6, 6.07) is 13.2. The van der Waals surface area contributed by atoms with Gasteiger partial charge in [0.2, 0.25) is 0 Å². The largest absolute Gasteiger partial charge is 0.496 e. The van der Waals surface area contributed by atoms with Gasteiger partial charge in [0.15, 0.2) is 0 Å². The number of likely N-dealkylation sites (N-methyl/N-ethyl adjacent to an activating group) is 1. The second-order valence-electron chi connectivity index (χ2n) is 16.3. The SMILES string of the molecule is C/C=C1/CN(C)[C@@H]2Cc3c([nH]c4ccccc34)[C@@H](c3cc4[nH]c5c(c4cc3OC)CCN3CC4C[C@@H](CC)[C@@H]3[C@]5(C(=O)OC)C4)C[C@H]1C2C(=O)OC. The fraction of sp³-hybridized carbons (Fsp3) is 0.535. The van der Waals surface area contributed by atoms with Gasteiger partial charge in [-0.2, -0.15) is 0 Å². The number of nitrogens with one attached hydrogen (secondary N) is 2. The van der Waals surface area contributed by atoms with Gasteiger partial charge in [-0.05, 0) is 93.2 Å². The standard InChI is InChI=1S/C43H52N4O5/c1-7-24-15-23-20-43(42(49)52-6)39-27(13-14-47(21-23)40(24)43)29-19-36(50-4)30(17-34(29)45-39)31-16-28-25(8-2)22-46(3)35(37(28)41(48)51-5)18-32-26-11-9-10-12-33(26)44-38(31)32/h8-12,17,19,23-24,28,31,35,37,40,44-45H,7,13-16,18,20-22H2,1-6H3/b25-8-/t23?,24-,28-,31-,35-,37?,40-,43+/m1/s1. The highest BCUT2D eigenvalue weighted by Gasteiger charge is 2.62. The monoisotopic (exact) mass is 704 g/mol. The minimum atomic E-state index is -0.725. The fourth-order valence-electron chi connectivity index (χ4n) is 12.1. The van der Waals surface area contributed by atoms with E-state index in [1.807, 2.05) is 0 Å². The highest BCUT2D eigenvalue weighted by atomic mass is 16.5. The number of aromatic amines is 2. The minimum absolute atomic E-state index is 0.00122. The van der Waals surface area contributed by atoms with Crippen LogP contribution in [0.3, 0.4) is 0 Å². The predicted molar refractivity (Wildman–Crippen MR) is 202 cm³/mol. The molecule has 2 aliphatic carbocycles. The van der Waals surface area contributed by atoms with Gasteiger partial charge in [0.25, 0.3) is 0 Å². The second-order valence-corrected chi connectivity index (χ2v) is 16.3. The maximum absolute atomic E-state index is 14.2. The topological polar surface area (TPSA) is 99.9 Å². The molecule has 10 rings (SSSR count). The summed E-state index contributed by atoms with van der Waals surface area (Å²) in [5.41, 5.74) is 8.48. The van der Waals surface area contributed by atoms with Crippen LogP contribution in [0.15, 0.2) is 48.0 Å². The Balaban J connectivity index is 1.27. The van der Waals surface area contributed by atoms with Gasteiger partial charge in [-0.1, -0.05) is 43.2 Å². The van der Waals surface area contributed by atoms with E-state index in [1.54, 1.807) is 14.2 Å². The summed E-state index contributed by atoms with van der Waals surface area (Å²) in [7, 11) is 6.99. The van der Waals surface area contributed by atoms with E-state index in [2.05, 4.69) is 83.1 Å². The summed E-state index contributed by atoms with van der Waals surface area (Å²) in [5.74, 6) is 1.11. The van der Waals surface area contributed by atoms with Gasteiger partial charge in [0.05, 0.1) is 27.2 Å². The van der Waals surface area contributed by atoms with E-state index in [1.165, 1.54) is 41.3 Å². The summed E-state index contributed by atoms with van der Waals surface area (Å²) in [6.45, 7) is 7.17.